The molecule has 2 aromatic carbocycles. The predicted molar refractivity (Wildman–Crippen MR) is 152 cm³/mol. The van der Waals surface area contributed by atoms with Gasteiger partial charge in [-0.1, -0.05) is 51.1 Å². The molecule has 8 heteroatoms. The second-order valence-corrected chi connectivity index (χ2v) is 9.68. The molecule has 0 radical (unpaired) electrons. The van der Waals surface area contributed by atoms with Gasteiger partial charge < -0.3 is 19.6 Å². The van der Waals surface area contributed by atoms with Gasteiger partial charge in [0.2, 0.25) is 0 Å². The lowest BCUT2D eigenvalue weighted by Gasteiger charge is -2.27. The Morgan fingerprint density at radius 2 is 1.79 bits per heavy atom. The largest absolute Gasteiger partial charge is 0.507 e. The van der Waals surface area contributed by atoms with Crippen molar-refractivity contribution in [3.05, 3.63) is 83.2 Å². The van der Waals surface area contributed by atoms with E-state index < -0.39 is 17.7 Å². The summed E-state index contributed by atoms with van der Waals surface area (Å²) in [6.45, 7) is 11.7. The SMILES string of the molecule is CCCOc1cccc(C2/C(=C(\O)c3cnn(-c4ccccc4)c3C)C(=O)C(=O)N2CCCN(CC)CC)c1. The number of rotatable bonds is 12. The van der Waals surface area contributed by atoms with Crippen molar-refractivity contribution in [1.82, 2.24) is 19.6 Å². The summed E-state index contributed by atoms with van der Waals surface area (Å²) in [7, 11) is 0. The van der Waals surface area contributed by atoms with Gasteiger partial charge in [0.15, 0.2) is 0 Å². The molecule has 1 aromatic heterocycles. The smallest absolute Gasteiger partial charge is 0.295 e. The number of amides is 1. The first kappa shape index (κ1) is 28.1. The molecule has 3 aromatic rings. The molecule has 1 atom stereocenters. The van der Waals surface area contributed by atoms with E-state index in [1.807, 2.05) is 68.4 Å². The van der Waals surface area contributed by atoms with E-state index in [9.17, 15) is 14.7 Å². The van der Waals surface area contributed by atoms with Crippen LogP contribution in [-0.4, -0.2) is 69.2 Å². The summed E-state index contributed by atoms with van der Waals surface area (Å²) in [6, 6.07) is 16.3. The number of aromatic nitrogens is 2. The molecule has 0 aliphatic carbocycles. The summed E-state index contributed by atoms with van der Waals surface area (Å²) >= 11 is 0. The fourth-order valence-corrected chi connectivity index (χ4v) is 5.07. The highest BCUT2D eigenvalue weighted by Crippen LogP contribution is 2.41. The molecule has 1 aliphatic heterocycles. The van der Waals surface area contributed by atoms with Crippen LogP contribution in [0.5, 0.6) is 5.75 Å². The molecule has 0 bridgehead atoms. The minimum absolute atomic E-state index is 0.0752. The molecule has 1 fully saturated rings. The third-order valence-corrected chi connectivity index (χ3v) is 7.22. The number of aliphatic hydroxyl groups is 1. The maximum atomic E-state index is 13.5. The highest BCUT2D eigenvalue weighted by molar-refractivity contribution is 6.46. The average Bonchev–Trinajstić information content (AvgIpc) is 3.47. The molecule has 8 nitrogen and oxygen atoms in total. The molecule has 1 saturated heterocycles. The van der Waals surface area contributed by atoms with Gasteiger partial charge in [0.1, 0.15) is 11.5 Å². The quantitative estimate of drug-likeness (QED) is 0.199. The van der Waals surface area contributed by atoms with Gasteiger partial charge >= 0.3 is 0 Å². The molecule has 0 saturated carbocycles. The Labute approximate surface area is 230 Å². The lowest BCUT2D eigenvalue weighted by Crippen LogP contribution is -2.33. The van der Waals surface area contributed by atoms with Gasteiger partial charge in [-0.05, 0) is 69.2 Å². The van der Waals surface area contributed by atoms with E-state index in [4.69, 9.17) is 4.74 Å². The van der Waals surface area contributed by atoms with Crippen LogP contribution in [0.25, 0.3) is 11.4 Å². The van der Waals surface area contributed by atoms with Crippen LogP contribution in [0.15, 0.2) is 66.4 Å². The van der Waals surface area contributed by atoms with Crippen molar-refractivity contribution in [3.8, 4) is 11.4 Å². The topological polar surface area (TPSA) is 87.9 Å². The van der Waals surface area contributed by atoms with Crippen LogP contribution in [0, 0.1) is 6.92 Å². The number of benzene rings is 2. The van der Waals surface area contributed by atoms with Crippen molar-refractivity contribution < 1.29 is 19.4 Å². The van der Waals surface area contributed by atoms with Gasteiger partial charge in [-0.15, -0.1) is 0 Å². The number of likely N-dealkylation sites (tertiary alicyclic amines) is 1. The number of aliphatic hydroxyl groups excluding tert-OH is 1. The summed E-state index contributed by atoms with van der Waals surface area (Å²) in [6.07, 6.45) is 3.12. The van der Waals surface area contributed by atoms with Crippen molar-refractivity contribution in [1.29, 1.82) is 0 Å². The minimum atomic E-state index is -0.730. The number of ketones is 1. The Morgan fingerprint density at radius 3 is 2.49 bits per heavy atom. The van der Waals surface area contributed by atoms with E-state index in [-0.39, 0.29) is 11.3 Å². The van der Waals surface area contributed by atoms with Gasteiger partial charge in [0, 0.05) is 6.54 Å². The van der Waals surface area contributed by atoms with Gasteiger partial charge in [-0.25, -0.2) is 4.68 Å². The van der Waals surface area contributed by atoms with E-state index >= 15 is 0 Å². The summed E-state index contributed by atoms with van der Waals surface area (Å²) in [5, 5.41) is 16.0. The minimum Gasteiger partial charge on any atom is -0.507 e. The predicted octanol–water partition coefficient (Wildman–Crippen LogP) is 5.12. The third-order valence-electron chi connectivity index (χ3n) is 7.22. The molecule has 1 amide bonds. The second-order valence-electron chi connectivity index (χ2n) is 9.68. The average molecular weight is 531 g/mol. The maximum absolute atomic E-state index is 13.5. The summed E-state index contributed by atoms with van der Waals surface area (Å²) in [5.41, 5.74) is 2.73. The van der Waals surface area contributed by atoms with Crippen molar-refractivity contribution in [2.45, 2.75) is 46.6 Å². The number of ether oxygens (including phenoxy) is 1. The molecule has 1 unspecified atom stereocenters. The van der Waals surface area contributed by atoms with Crippen LogP contribution in [0.4, 0.5) is 0 Å². The monoisotopic (exact) mass is 530 g/mol. The number of hydrogen-bond donors (Lipinski definition) is 1. The fraction of sp³-hybridized carbons (Fsp3) is 0.387. The standard InChI is InChI=1S/C31H38N4O4/c1-5-19-39-25-16-11-13-23(20-25)28-27(30(37)31(38)34(28)18-12-17-33(6-2)7-3)29(36)26-21-32-35(22(26)4)24-14-9-8-10-15-24/h8-11,13-16,20-21,28,36H,5-7,12,17-19H2,1-4H3/b29-27+. The summed E-state index contributed by atoms with van der Waals surface area (Å²) < 4.78 is 7.56. The molecule has 2 heterocycles. The molecule has 1 N–H and O–H groups in total. The van der Waals surface area contributed by atoms with Crippen molar-refractivity contribution in [3.63, 3.8) is 0 Å². The van der Waals surface area contributed by atoms with Crippen LogP contribution in [0.1, 0.15) is 56.5 Å². The Balaban J connectivity index is 1.77. The molecule has 4 rings (SSSR count). The molecular weight excluding hydrogens is 492 g/mol. The summed E-state index contributed by atoms with van der Waals surface area (Å²) in [5.74, 6) is -0.846. The van der Waals surface area contributed by atoms with Crippen LogP contribution in [0.3, 0.4) is 0 Å². The molecule has 39 heavy (non-hydrogen) atoms. The van der Waals surface area contributed by atoms with Crippen LogP contribution in [0.2, 0.25) is 0 Å². The van der Waals surface area contributed by atoms with Gasteiger partial charge in [0.25, 0.3) is 11.7 Å². The second kappa shape index (κ2) is 12.8. The zero-order valence-electron chi connectivity index (χ0n) is 23.3. The van der Waals surface area contributed by atoms with Crippen LogP contribution in [-0.2, 0) is 9.59 Å². The Bertz CT molecular complexity index is 1330. The third kappa shape index (κ3) is 5.91. The van der Waals surface area contributed by atoms with Crippen LogP contribution >= 0.6 is 0 Å². The Hall–Kier alpha value is -3.91. The highest BCUT2D eigenvalue weighted by Gasteiger charge is 2.46. The van der Waals surface area contributed by atoms with E-state index in [1.54, 1.807) is 15.8 Å². The molecule has 0 spiro atoms. The first-order valence-electron chi connectivity index (χ1n) is 13.7. The lowest BCUT2D eigenvalue weighted by molar-refractivity contribution is -0.140. The zero-order chi connectivity index (χ0) is 27.9. The highest BCUT2D eigenvalue weighted by atomic mass is 16.5. The Kier molecular flexibility index (Phi) is 9.19. The normalized spacial score (nSPS) is 16.8. The number of hydrogen-bond acceptors (Lipinski definition) is 6. The lowest BCUT2D eigenvalue weighted by atomic mass is 9.95. The van der Waals surface area contributed by atoms with E-state index in [1.165, 1.54) is 0 Å². The van der Waals surface area contributed by atoms with Crippen LogP contribution < -0.4 is 4.74 Å². The first-order chi connectivity index (χ1) is 18.9. The van der Waals surface area contributed by atoms with Gasteiger partial charge in [0.05, 0.1) is 41.4 Å². The molecular formula is C31H38N4O4. The van der Waals surface area contributed by atoms with Gasteiger partial charge in [-0.3, -0.25) is 9.59 Å². The van der Waals surface area contributed by atoms with E-state index in [0.717, 1.165) is 37.3 Å². The van der Waals surface area contributed by atoms with E-state index in [2.05, 4.69) is 23.8 Å². The zero-order valence-corrected chi connectivity index (χ0v) is 23.3. The number of para-hydroxylation sites is 1. The van der Waals surface area contributed by atoms with Crippen molar-refractivity contribution >= 4 is 17.4 Å². The Morgan fingerprint density at radius 1 is 1.05 bits per heavy atom. The number of Topliss-reactive ketones (excluding diaryl/α,β-unsaturated/α-hetero) is 1. The number of carbonyl (C=O) groups excluding carboxylic acids is 2. The first-order valence-corrected chi connectivity index (χ1v) is 13.7. The summed E-state index contributed by atoms with van der Waals surface area (Å²) in [4.78, 5) is 30.7. The fourth-order valence-electron chi connectivity index (χ4n) is 5.07. The number of nitrogens with zero attached hydrogens (tertiary/aromatic N) is 4. The van der Waals surface area contributed by atoms with Crippen molar-refractivity contribution in [2.24, 2.45) is 0 Å². The van der Waals surface area contributed by atoms with E-state index in [0.29, 0.717) is 36.6 Å². The molecule has 206 valence electrons. The molecule has 1 aliphatic rings. The maximum Gasteiger partial charge on any atom is 0.295 e. The van der Waals surface area contributed by atoms with Gasteiger partial charge in [-0.2, -0.15) is 5.10 Å². The van der Waals surface area contributed by atoms with Crippen molar-refractivity contribution in [2.75, 3.05) is 32.8 Å². The number of carbonyl (C=O) groups is 2.